The van der Waals surface area contributed by atoms with Crippen LogP contribution in [0.4, 0.5) is 4.79 Å². The molecule has 0 bridgehead atoms. The highest BCUT2D eigenvalue weighted by atomic mass is 35.5. The third kappa shape index (κ3) is 3.24. The largest absolute Gasteiger partial charge is 0.465 e. The molecule has 7 nitrogen and oxygen atoms in total. The fourth-order valence-corrected chi connectivity index (χ4v) is 3.70. The van der Waals surface area contributed by atoms with Crippen molar-refractivity contribution in [3.63, 3.8) is 0 Å². The summed E-state index contributed by atoms with van der Waals surface area (Å²) in [5, 5.41) is 12.1. The Bertz CT molecular complexity index is 1110. The Balaban J connectivity index is 2.03. The van der Waals surface area contributed by atoms with E-state index in [1.165, 1.54) is 10.8 Å². The number of hydrogen-bond donors (Lipinski definition) is 2. The highest BCUT2D eigenvalue weighted by molar-refractivity contribution is 6.40. The lowest BCUT2D eigenvalue weighted by Gasteiger charge is -2.15. The number of rotatable bonds is 4. The van der Waals surface area contributed by atoms with Crippen molar-refractivity contribution < 1.29 is 9.90 Å². The highest BCUT2D eigenvalue weighted by Crippen LogP contribution is 2.46. The van der Waals surface area contributed by atoms with Crippen LogP contribution in [-0.2, 0) is 6.54 Å². The van der Waals surface area contributed by atoms with E-state index < -0.39 is 11.7 Å². The summed E-state index contributed by atoms with van der Waals surface area (Å²) in [4.78, 5) is 32.8. The van der Waals surface area contributed by atoms with E-state index in [9.17, 15) is 9.59 Å². The van der Waals surface area contributed by atoms with E-state index in [1.54, 1.807) is 24.4 Å². The van der Waals surface area contributed by atoms with Gasteiger partial charge in [-0.15, -0.1) is 0 Å². The average molecular weight is 405 g/mol. The molecule has 0 radical (unpaired) electrons. The number of hydrogen-bond acceptors (Lipinski definition) is 4. The Morgan fingerprint density at radius 3 is 2.78 bits per heavy atom. The third-order valence-electron chi connectivity index (χ3n) is 4.45. The normalized spacial score (nSPS) is 13.7. The SMILES string of the molecule is O=C(O)NCc1nc2c(Cl)cc(C3CC3)c(Cl)c2c(=O)n1-c1cccnc1. The van der Waals surface area contributed by atoms with Crippen molar-refractivity contribution in [3.05, 3.63) is 62.4 Å². The lowest BCUT2D eigenvalue weighted by Crippen LogP contribution is -2.29. The van der Waals surface area contributed by atoms with Crippen molar-refractivity contribution in [3.8, 4) is 5.69 Å². The van der Waals surface area contributed by atoms with Crippen LogP contribution in [0, 0.1) is 0 Å². The number of amides is 1. The molecule has 3 aromatic rings. The van der Waals surface area contributed by atoms with Crippen molar-refractivity contribution in [2.75, 3.05) is 0 Å². The number of benzene rings is 1. The fourth-order valence-electron chi connectivity index (χ4n) is 3.07. The Morgan fingerprint density at radius 2 is 2.15 bits per heavy atom. The second kappa shape index (κ2) is 6.83. The number of nitrogens with one attached hydrogen (secondary N) is 1. The molecule has 4 rings (SSSR count). The second-order valence-electron chi connectivity index (χ2n) is 6.30. The molecule has 0 unspecified atom stereocenters. The van der Waals surface area contributed by atoms with Gasteiger partial charge in [-0.05, 0) is 42.5 Å². The van der Waals surface area contributed by atoms with Gasteiger partial charge in [-0.2, -0.15) is 0 Å². The molecule has 27 heavy (non-hydrogen) atoms. The molecule has 1 aliphatic carbocycles. The topological polar surface area (TPSA) is 97.1 Å². The molecule has 9 heteroatoms. The van der Waals surface area contributed by atoms with Gasteiger partial charge in [-0.1, -0.05) is 23.2 Å². The molecule has 1 saturated carbocycles. The van der Waals surface area contributed by atoms with Gasteiger partial charge in [0.1, 0.15) is 5.82 Å². The van der Waals surface area contributed by atoms with Crippen molar-refractivity contribution >= 4 is 40.2 Å². The molecular formula is C18H14Cl2N4O3. The molecule has 0 spiro atoms. The van der Waals surface area contributed by atoms with Crippen LogP contribution in [0.1, 0.15) is 30.1 Å². The number of carboxylic acid groups (broad SMARTS) is 1. The molecule has 1 amide bonds. The van der Waals surface area contributed by atoms with Crippen LogP contribution in [-0.4, -0.2) is 25.7 Å². The van der Waals surface area contributed by atoms with Gasteiger partial charge < -0.3 is 10.4 Å². The zero-order chi connectivity index (χ0) is 19.1. The van der Waals surface area contributed by atoms with Gasteiger partial charge in [0, 0.05) is 6.20 Å². The van der Waals surface area contributed by atoms with E-state index in [0.717, 1.165) is 18.4 Å². The van der Waals surface area contributed by atoms with Crippen LogP contribution in [0.25, 0.3) is 16.6 Å². The summed E-state index contributed by atoms with van der Waals surface area (Å²) in [6, 6.07) is 5.11. The molecule has 2 aromatic heterocycles. The first kappa shape index (κ1) is 17.8. The molecule has 2 heterocycles. The van der Waals surface area contributed by atoms with Crippen LogP contribution >= 0.6 is 23.2 Å². The first-order valence-electron chi connectivity index (χ1n) is 8.28. The molecule has 1 fully saturated rings. The van der Waals surface area contributed by atoms with Gasteiger partial charge in [-0.3, -0.25) is 14.3 Å². The maximum absolute atomic E-state index is 13.3. The Hall–Kier alpha value is -2.64. The van der Waals surface area contributed by atoms with Crippen LogP contribution in [0.2, 0.25) is 10.0 Å². The first-order chi connectivity index (χ1) is 13.0. The summed E-state index contributed by atoms with van der Waals surface area (Å²) in [6.45, 7) is -0.173. The smallest absolute Gasteiger partial charge is 0.405 e. The average Bonchev–Trinajstić information content (AvgIpc) is 3.48. The van der Waals surface area contributed by atoms with Crippen LogP contribution in [0.15, 0.2) is 35.4 Å². The van der Waals surface area contributed by atoms with Gasteiger partial charge in [0.15, 0.2) is 0 Å². The lowest BCUT2D eigenvalue weighted by atomic mass is 10.1. The third-order valence-corrected chi connectivity index (χ3v) is 5.15. The molecule has 0 atom stereocenters. The van der Waals surface area contributed by atoms with E-state index in [1.807, 2.05) is 0 Å². The predicted octanol–water partition coefficient (Wildman–Crippen LogP) is 3.73. The van der Waals surface area contributed by atoms with E-state index in [0.29, 0.717) is 21.7 Å². The van der Waals surface area contributed by atoms with Gasteiger partial charge in [0.05, 0.1) is 39.4 Å². The molecular weight excluding hydrogens is 391 g/mol. The van der Waals surface area contributed by atoms with Crippen molar-refractivity contribution in [2.45, 2.75) is 25.3 Å². The number of carbonyl (C=O) groups is 1. The molecule has 138 valence electrons. The fraction of sp³-hybridized carbons (Fsp3) is 0.222. The van der Waals surface area contributed by atoms with E-state index in [4.69, 9.17) is 28.3 Å². The Labute approximate surface area is 163 Å². The summed E-state index contributed by atoms with van der Waals surface area (Å²) < 4.78 is 1.31. The van der Waals surface area contributed by atoms with Crippen molar-refractivity contribution in [2.24, 2.45) is 0 Å². The minimum Gasteiger partial charge on any atom is -0.465 e. The zero-order valence-corrected chi connectivity index (χ0v) is 15.5. The van der Waals surface area contributed by atoms with Gasteiger partial charge in [0.2, 0.25) is 0 Å². The lowest BCUT2D eigenvalue weighted by molar-refractivity contribution is 0.193. The van der Waals surface area contributed by atoms with Crippen molar-refractivity contribution in [1.82, 2.24) is 19.9 Å². The number of nitrogens with zero attached hydrogens (tertiary/aromatic N) is 3. The summed E-state index contributed by atoms with van der Waals surface area (Å²) in [5.41, 5.74) is 1.16. The van der Waals surface area contributed by atoms with E-state index in [-0.39, 0.29) is 23.3 Å². The molecule has 0 aliphatic heterocycles. The van der Waals surface area contributed by atoms with E-state index in [2.05, 4.69) is 15.3 Å². The second-order valence-corrected chi connectivity index (χ2v) is 7.08. The summed E-state index contributed by atoms with van der Waals surface area (Å²) in [6.07, 6.45) is 3.86. The Kier molecular flexibility index (Phi) is 4.49. The number of fused-ring (bicyclic) bond motifs is 1. The van der Waals surface area contributed by atoms with Gasteiger partial charge in [-0.25, -0.2) is 9.78 Å². The van der Waals surface area contributed by atoms with Crippen LogP contribution in [0.3, 0.4) is 0 Å². The molecule has 2 N–H and O–H groups in total. The Morgan fingerprint density at radius 1 is 1.37 bits per heavy atom. The van der Waals surface area contributed by atoms with Gasteiger partial charge in [0.25, 0.3) is 5.56 Å². The minimum atomic E-state index is -1.23. The summed E-state index contributed by atoms with van der Waals surface area (Å²) in [7, 11) is 0. The number of aromatic nitrogens is 3. The zero-order valence-electron chi connectivity index (χ0n) is 13.9. The summed E-state index contributed by atoms with van der Waals surface area (Å²) >= 11 is 12.9. The standard InChI is InChI=1S/C18H14Cl2N4O3/c19-12-6-11(9-3-4-9)15(20)14-16(12)23-13(8-22-18(26)27)24(17(14)25)10-2-1-5-21-7-10/h1-2,5-7,9,22H,3-4,8H2,(H,26,27). The maximum Gasteiger partial charge on any atom is 0.405 e. The maximum atomic E-state index is 13.3. The van der Waals surface area contributed by atoms with Gasteiger partial charge >= 0.3 is 6.09 Å². The quantitative estimate of drug-likeness (QED) is 0.690. The minimum absolute atomic E-state index is 0.173. The highest BCUT2D eigenvalue weighted by Gasteiger charge is 2.29. The predicted molar refractivity (Wildman–Crippen MR) is 102 cm³/mol. The van der Waals surface area contributed by atoms with Crippen LogP contribution < -0.4 is 10.9 Å². The first-order valence-corrected chi connectivity index (χ1v) is 9.03. The summed E-state index contributed by atoms with van der Waals surface area (Å²) in [5.74, 6) is 0.499. The number of pyridine rings is 1. The monoisotopic (exact) mass is 404 g/mol. The molecule has 1 aromatic carbocycles. The van der Waals surface area contributed by atoms with Crippen molar-refractivity contribution in [1.29, 1.82) is 0 Å². The molecule has 1 aliphatic rings. The number of halogens is 2. The van der Waals surface area contributed by atoms with Crippen LogP contribution in [0.5, 0.6) is 0 Å². The van der Waals surface area contributed by atoms with E-state index >= 15 is 0 Å². The molecule has 0 saturated heterocycles.